The van der Waals surface area contributed by atoms with Crippen LogP contribution in [0.25, 0.3) is 0 Å². The minimum absolute atomic E-state index is 0.441. The average Bonchev–Trinajstić information content (AvgIpc) is 2.07. The molecular formula is C8H10ClNO2. The van der Waals surface area contributed by atoms with Gasteiger partial charge >= 0.3 is 0 Å². The lowest BCUT2D eigenvalue weighted by molar-refractivity contribution is -0.108. The molecule has 1 aromatic rings. The molecule has 3 nitrogen and oxygen atoms in total. The van der Waals surface area contributed by atoms with Crippen molar-refractivity contribution in [3.63, 3.8) is 0 Å². The van der Waals surface area contributed by atoms with Crippen LogP contribution in [0, 0.1) is 0 Å². The van der Waals surface area contributed by atoms with Crippen LogP contribution in [0.15, 0.2) is 18.3 Å². The van der Waals surface area contributed by atoms with E-state index >= 15 is 0 Å². The summed E-state index contributed by atoms with van der Waals surface area (Å²) in [5, 5.41) is 0.624. The van der Waals surface area contributed by atoms with E-state index in [-0.39, 0.29) is 0 Å². The van der Waals surface area contributed by atoms with Gasteiger partial charge in [-0.25, -0.2) is 0 Å². The van der Waals surface area contributed by atoms with Gasteiger partial charge < -0.3 is 9.47 Å². The third kappa shape index (κ3) is 2.17. The molecule has 1 aromatic heterocycles. The molecule has 0 amide bonds. The number of rotatable bonds is 3. The van der Waals surface area contributed by atoms with Crippen LogP contribution in [0.1, 0.15) is 12.0 Å². The SMILES string of the molecule is COC(OC)c1cc(Cl)ccn1. The normalized spacial score (nSPS) is 10.7. The van der Waals surface area contributed by atoms with Gasteiger partial charge in [-0.3, -0.25) is 4.98 Å². The van der Waals surface area contributed by atoms with E-state index in [0.29, 0.717) is 10.7 Å². The Morgan fingerprint density at radius 3 is 2.58 bits per heavy atom. The van der Waals surface area contributed by atoms with Crippen LogP contribution in [0.4, 0.5) is 0 Å². The van der Waals surface area contributed by atoms with Crippen molar-refractivity contribution in [1.82, 2.24) is 4.98 Å². The van der Waals surface area contributed by atoms with Gasteiger partial charge in [0.15, 0.2) is 0 Å². The van der Waals surface area contributed by atoms with Crippen molar-refractivity contribution >= 4 is 11.6 Å². The Bertz CT molecular complexity index is 251. The molecule has 0 spiro atoms. The molecule has 0 fully saturated rings. The van der Waals surface area contributed by atoms with Gasteiger partial charge in [0, 0.05) is 25.4 Å². The molecule has 0 aromatic carbocycles. The highest BCUT2D eigenvalue weighted by molar-refractivity contribution is 6.30. The second-order valence-corrected chi connectivity index (χ2v) is 2.64. The molecule has 12 heavy (non-hydrogen) atoms. The van der Waals surface area contributed by atoms with E-state index in [0.717, 1.165) is 0 Å². The number of pyridine rings is 1. The summed E-state index contributed by atoms with van der Waals surface area (Å²) < 4.78 is 9.99. The van der Waals surface area contributed by atoms with Crippen LogP contribution in [-0.2, 0) is 9.47 Å². The van der Waals surface area contributed by atoms with Crippen LogP contribution in [0.3, 0.4) is 0 Å². The van der Waals surface area contributed by atoms with Crippen molar-refractivity contribution in [2.75, 3.05) is 14.2 Å². The third-order valence-corrected chi connectivity index (χ3v) is 1.65. The van der Waals surface area contributed by atoms with Gasteiger partial charge in [-0.2, -0.15) is 0 Å². The molecule has 66 valence electrons. The Kier molecular flexibility index (Phi) is 3.47. The zero-order chi connectivity index (χ0) is 8.97. The first-order chi connectivity index (χ1) is 5.77. The Balaban J connectivity index is 2.85. The van der Waals surface area contributed by atoms with Crippen LogP contribution in [-0.4, -0.2) is 19.2 Å². The van der Waals surface area contributed by atoms with Crippen LogP contribution in [0.2, 0.25) is 5.02 Å². The first-order valence-electron chi connectivity index (χ1n) is 3.45. The largest absolute Gasteiger partial charge is 0.350 e. The quantitative estimate of drug-likeness (QED) is 0.679. The molecule has 0 saturated carbocycles. The van der Waals surface area contributed by atoms with Gasteiger partial charge in [0.1, 0.15) is 0 Å². The van der Waals surface area contributed by atoms with E-state index in [4.69, 9.17) is 21.1 Å². The fraction of sp³-hybridized carbons (Fsp3) is 0.375. The van der Waals surface area contributed by atoms with Crippen LogP contribution < -0.4 is 0 Å². The molecule has 1 rings (SSSR count). The highest BCUT2D eigenvalue weighted by Crippen LogP contribution is 2.17. The standard InChI is InChI=1S/C8H10ClNO2/c1-11-8(12-2)7-5-6(9)3-4-10-7/h3-5,8H,1-2H3. The van der Waals surface area contributed by atoms with Gasteiger partial charge in [-0.1, -0.05) is 11.6 Å². The molecule has 0 unspecified atom stereocenters. The number of aromatic nitrogens is 1. The maximum Gasteiger partial charge on any atom is 0.200 e. The summed E-state index contributed by atoms with van der Waals surface area (Å²) in [5.74, 6) is 0. The zero-order valence-corrected chi connectivity index (χ0v) is 7.71. The molecule has 1 heterocycles. The first-order valence-corrected chi connectivity index (χ1v) is 3.82. The number of nitrogens with zero attached hydrogens (tertiary/aromatic N) is 1. The summed E-state index contributed by atoms with van der Waals surface area (Å²) >= 11 is 5.75. The number of ether oxygens (including phenoxy) is 2. The monoisotopic (exact) mass is 187 g/mol. The summed E-state index contributed by atoms with van der Waals surface area (Å²) in [6.07, 6.45) is 1.17. The minimum atomic E-state index is -0.441. The topological polar surface area (TPSA) is 31.4 Å². The molecule has 0 N–H and O–H groups in total. The van der Waals surface area contributed by atoms with Gasteiger partial charge in [0.2, 0.25) is 6.29 Å². The summed E-state index contributed by atoms with van der Waals surface area (Å²) in [5.41, 5.74) is 0.674. The Hall–Kier alpha value is -0.640. The Morgan fingerprint density at radius 1 is 1.42 bits per heavy atom. The van der Waals surface area contributed by atoms with E-state index in [9.17, 15) is 0 Å². The maximum absolute atomic E-state index is 5.75. The summed E-state index contributed by atoms with van der Waals surface area (Å²) in [7, 11) is 3.10. The van der Waals surface area contributed by atoms with Crippen molar-refractivity contribution in [3.8, 4) is 0 Å². The molecule has 0 aliphatic rings. The molecule has 0 atom stereocenters. The van der Waals surface area contributed by atoms with E-state index in [1.807, 2.05) is 0 Å². The molecule has 0 aliphatic heterocycles. The lowest BCUT2D eigenvalue weighted by Gasteiger charge is -2.11. The number of methoxy groups -OCH3 is 2. The average molecular weight is 188 g/mol. The Labute approximate surface area is 76.3 Å². The molecule has 0 saturated heterocycles. The lowest BCUT2D eigenvalue weighted by atomic mass is 10.3. The van der Waals surface area contributed by atoms with E-state index < -0.39 is 6.29 Å². The fourth-order valence-electron chi connectivity index (χ4n) is 0.888. The second kappa shape index (κ2) is 4.40. The van der Waals surface area contributed by atoms with Crippen molar-refractivity contribution in [1.29, 1.82) is 0 Å². The van der Waals surface area contributed by atoms with Gasteiger partial charge in [0.05, 0.1) is 5.69 Å². The first kappa shape index (κ1) is 9.45. The van der Waals surface area contributed by atoms with E-state index in [1.165, 1.54) is 0 Å². The molecule has 4 heteroatoms. The number of hydrogen-bond donors (Lipinski definition) is 0. The predicted octanol–water partition coefficient (Wildman–Crippen LogP) is 2.03. The van der Waals surface area contributed by atoms with E-state index in [2.05, 4.69) is 4.98 Å². The van der Waals surface area contributed by atoms with Crippen LogP contribution in [0.5, 0.6) is 0 Å². The number of hydrogen-bond acceptors (Lipinski definition) is 3. The molecule has 0 radical (unpaired) electrons. The van der Waals surface area contributed by atoms with Crippen molar-refractivity contribution in [2.24, 2.45) is 0 Å². The fourth-order valence-corrected chi connectivity index (χ4v) is 1.06. The zero-order valence-electron chi connectivity index (χ0n) is 6.95. The van der Waals surface area contributed by atoms with Crippen molar-refractivity contribution < 1.29 is 9.47 Å². The predicted molar refractivity (Wildman–Crippen MR) is 46.0 cm³/mol. The van der Waals surface area contributed by atoms with E-state index in [1.54, 1.807) is 32.5 Å². The van der Waals surface area contributed by atoms with Crippen LogP contribution >= 0.6 is 11.6 Å². The smallest absolute Gasteiger partial charge is 0.200 e. The molecular weight excluding hydrogens is 178 g/mol. The summed E-state index contributed by atoms with van der Waals surface area (Å²) in [4.78, 5) is 4.05. The molecule has 0 aliphatic carbocycles. The van der Waals surface area contributed by atoms with Crippen molar-refractivity contribution in [3.05, 3.63) is 29.0 Å². The van der Waals surface area contributed by atoms with Gasteiger partial charge in [-0.05, 0) is 12.1 Å². The van der Waals surface area contributed by atoms with Gasteiger partial charge in [0.25, 0.3) is 0 Å². The highest BCUT2D eigenvalue weighted by atomic mass is 35.5. The third-order valence-electron chi connectivity index (χ3n) is 1.41. The summed E-state index contributed by atoms with van der Waals surface area (Å²) in [6, 6.07) is 3.41. The second-order valence-electron chi connectivity index (χ2n) is 2.20. The number of halogens is 1. The van der Waals surface area contributed by atoms with Gasteiger partial charge in [-0.15, -0.1) is 0 Å². The highest BCUT2D eigenvalue weighted by Gasteiger charge is 2.09. The molecule has 0 bridgehead atoms. The summed E-state index contributed by atoms with van der Waals surface area (Å²) in [6.45, 7) is 0. The maximum atomic E-state index is 5.75. The Morgan fingerprint density at radius 2 is 2.08 bits per heavy atom. The minimum Gasteiger partial charge on any atom is -0.350 e. The van der Waals surface area contributed by atoms with Crippen molar-refractivity contribution in [2.45, 2.75) is 6.29 Å². The lowest BCUT2D eigenvalue weighted by Crippen LogP contribution is -2.05.